The number of carbonyl (C=O) groups is 1. The molecule has 1 aliphatic rings. The van der Waals surface area contributed by atoms with Crippen molar-refractivity contribution in [1.82, 2.24) is 10.2 Å². The summed E-state index contributed by atoms with van der Waals surface area (Å²) < 4.78 is 27.3. The molecule has 144 valence electrons. The number of sulfonamides is 1. The SMILES string of the molecule is CNCC1CCCN(C(=O)c2ccc(NS(=O)(=O)c3ccccc3)cc2)C1. The quantitative estimate of drug-likeness (QED) is 0.799. The number of nitrogens with one attached hydrogen (secondary N) is 2. The topological polar surface area (TPSA) is 78.5 Å². The number of nitrogens with zero attached hydrogens (tertiary/aromatic N) is 1. The van der Waals surface area contributed by atoms with Crippen LogP contribution in [0.5, 0.6) is 0 Å². The van der Waals surface area contributed by atoms with E-state index in [-0.39, 0.29) is 10.8 Å². The van der Waals surface area contributed by atoms with Gasteiger partial charge < -0.3 is 10.2 Å². The van der Waals surface area contributed by atoms with Gasteiger partial charge in [0.25, 0.3) is 15.9 Å². The highest BCUT2D eigenvalue weighted by atomic mass is 32.2. The zero-order chi connectivity index (χ0) is 19.3. The fraction of sp³-hybridized carbons (Fsp3) is 0.350. The van der Waals surface area contributed by atoms with Crippen molar-refractivity contribution < 1.29 is 13.2 Å². The smallest absolute Gasteiger partial charge is 0.261 e. The Labute approximate surface area is 160 Å². The average Bonchev–Trinajstić information content (AvgIpc) is 2.69. The summed E-state index contributed by atoms with van der Waals surface area (Å²) in [6.07, 6.45) is 2.14. The average molecular weight is 388 g/mol. The maximum atomic E-state index is 12.7. The molecule has 7 heteroatoms. The van der Waals surface area contributed by atoms with Crippen molar-refractivity contribution in [1.29, 1.82) is 0 Å². The molecule has 2 aromatic carbocycles. The van der Waals surface area contributed by atoms with Crippen LogP contribution in [-0.4, -0.2) is 45.9 Å². The summed E-state index contributed by atoms with van der Waals surface area (Å²) in [7, 11) is -1.71. The van der Waals surface area contributed by atoms with E-state index in [9.17, 15) is 13.2 Å². The normalized spacial score (nSPS) is 17.5. The second kappa shape index (κ2) is 8.54. The van der Waals surface area contributed by atoms with Crippen molar-refractivity contribution in [2.75, 3.05) is 31.4 Å². The molecule has 0 aliphatic carbocycles. The Bertz CT molecular complexity index is 865. The first-order valence-electron chi connectivity index (χ1n) is 9.11. The van der Waals surface area contributed by atoms with Gasteiger partial charge in [-0.15, -0.1) is 0 Å². The Hall–Kier alpha value is -2.38. The van der Waals surface area contributed by atoms with E-state index in [2.05, 4.69) is 10.0 Å². The molecule has 0 saturated carbocycles. The molecule has 1 unspecified atom stereocenters. The van der Waals surface area contributed by atoms with Gasteiger partial charge in [-0.1, -0.05) is 18.2 Å². The maximum absolute atomic E-state index is 12.7. The van der Waals surface area contributed by atoms with Gasteiger partial charge in [0.15, 0.2) is 0 Å². The zero-order valence-electron chi connectivity index (χ0n) is 15.4. The number of hydrogen-bond acceptors (Lipinski definition) is 4. The van der Waals surface area contributed by atoms with Crippen molar-refractivity contribution in [3.8, 4) is 0 Å². The maximum Gasteiger partial charge on any atom is 0.261 e. The van der Waals surface area contributed by atoms with Crippen LogP contribution >= 0.6 is 0 Å². The Morgan fingerprint density at radius 3 is 2.48 bits per heavy atom. The molecule has 1 heterocycles. The molecule has 1 aliphatic heterocycles. The van der Waals surface area contributed by atoms with E-state index in [4.69, 9.17) is 0 Å². The Morgan fingerprint density at radius 1 is 1.11 bits per heavy atom. The molecule has 27 heavy (non-hydrogen) atoms. The van der Waals surface area contributed by atoms with E-state index in [1.54, 1.807) is 42.5 Å². The number of benzene rings is 2. The van der Waals surface area contributed by atoms with Crippen molar-refractivity contribution >= 4 is 21.6 Å². The molecule has 0 aromatic heterocycles. The van der Waals surface area contributed by atoms with E-state index in [0.717, 1.165) is 32.5 Å². The Kier molecular flexibility index (Phi) is 6.13. The molecule has 2 N–H and O–H groups in total. The van der Waals surface area contributed by atoms with Gasteiger partial charge in [0.1, 0.15) is 0 Å². The third-order valence-electron chi connectivity index (χ3n) is 4.74. The largest absolute Gasteiger partial charge is 0.338 e. The van der Waals surface area contributed by atoms with Crippen molar-refractivity contribution in [2.24, 2.45) is 5.92 Å². The monoisotopic (exact) mass is 387 g/mol. The van der Waals surface area contributed by atoms with Crippen LogP contribution in [0.4, 0.5) is 5.69 Å². The highest BCUT2D eigenvalue weighted by Crippen LogP contribution is 2.20. The molecule has 0 spiro atoms. The first-order chi connectivity index (χ1) is 13.0. The zero-order valence-corrected chi connectivity index (χ0v) is 16.2. The molecular formula is C20H25N3O3S. The van der Waals surface area contributed by atoms with Gasteiger partial charge in [0.05, 0.1) is 4.90 Å². The number of piperidine rings is 1. The summed E-state index contributed by atoms with van der Waals surface area (Å²) in [6, 6.07) is 14.8. The molecule has 2 aromatic rings. The third kappa shape index (κ3) is 4.87. The summed E-state index contributed by atoms with van der Waals surface area (Å²) in [5, 5.41) is 3.18. The molecule has 3 rings (SSSR count). The van der Waals surface area contributed by atoms with Crippen LogP contribution in [0.15, 0.2) is 59.5 Å². The fourth-order valence-electron chi connectivity index (χ4n) is 3.38. The molecule has 1 atom stereocenters. The highest BCUT2D eigenvalue weighted by molar-refractivity contribution is 7.92. The third-order valence-corrected chi connectivity index (χ3v) is 6.13. The Morgan fingerprint density at radius 2 is 1.81 bits per heavy atom. The van der Waals surface area contributed by atoms with Crippen molar-refractivity contribution in [3.63, 3.8) is 0 Å². The van der Waals surface area contributed by atoms with Gasteiger partial charge in [-0.25, -0.2) is 8.42 Å². The van der Waals surface area contributed by atoms with Crippen molar-refractivity contribution in [3.05, 3.63) is 60.2 Å². The minimum atomic E-state index is -3.63. The summed E-state index contributed by atoms with van der Waals surface area (Å²) in [6.45, 7) is 2.42. The van der Waals surface area contributed by atoms with Crippen LogP contribution in [0.3, 0.4) is 0 Å². The lowest BCUT2D eigenvalue weighted by Gasteiger charge is -2.32. The van der Waals surface area contributed by atoms with E-state index >= 15 is 0 Å². The Balaban J connectivity index is 1.67. The lowest BCUT2D eigenvalue weighted by molar-refractivity contribution is 0.0674. The second-order valence-electron chi connectivity index (χ2n) is 6.81. The van der Waals surface area contributed by atoms with Crippen LogP contribution in [0.25, 0.3) is 0 Å². The summed E-state index contributed by atoms with van der Waals surface area (Å²) >= 11 is 0. The first-order valence-corrected chi connectivity index (χ1v) is 10.6. The predicted octanol–water partition coefficient (Wildman–Crippen LogP) is 2.56. The summed E-state index contributed by atoms with van der Waals surface area (Å²) in [5.74, 6) is 0.470. The standard InChI is InChI=1S/C20H25N3O3S/c1-21-14-16-6-5-13-23(15-16)20(24)17-9-11-18(12-10-17)22-27(25,26)19-7-3-2-4-8-19/h2-4,7-12,16,21-22H,5-6,13-15H2,1H3. The summed E-state index contributed by atoms with van der Waals surface area (Å²) in [5.41, 5.74) is 1.00. The van der Waals surface area contributed by atoms with Crippen LogP contribution in [0, 0.1) is 5.92 Å². The van der Waals surface area contributed by atoms with E-state index in [1.165, 1.54) is 12.1 Å². The predicted molar refractivity (Wildman–Crippen MR) is 106 cm³/mol. The number of likely N-dealkylation sites (tertiary alicyclic amines) is 1. The molecule has 1 fully saturated rings. The van der Waals surface area contributed by atoms with E-state index in [1.807, 2.05) is 11.9 Å². The van der Waals surface area contributed by atoms with Gasteiger partial charge in [0, 0.05) is 24.3 Å². The van der Waals surface area contributed by atoms with Gasteiger partial charge >= 0.3 is 0 Å². The molecule has 6 nitrogen and oxygen atoms in total. The van der Waals surface area contributed by atoms with Gasteiger partial charge in [-0.05, 0) is 68.8 Å². The van der Waals surface area contributed by atoms with Crippen LogP contribution in [0.1, 0.15) is 23.2 Å². The van der Waals surface area contributed by atoms with Crippen LogP contribution in [-0.2, 0) is 10.0 Å². The number of hydrogen-bond donors (Lipinski definition) is 2. The molecule has 0 radical (unpaired) electrons. The molecule has 1 saturated heterocycles. The minimum Gasteiger partial charge on any atom is -0.338 e. The first kappa shape index (κ1) is 19.4. The highest BCUT2D eigenvalue weighted by Gasteiger charge is 2.24. The van der Waals surface area contributed by atoms with Gasteiger partial charge in [-0.3, -0.25) is 9.52 Å². The van der Waals surface area contributed by atoms with E-state index < -0.39 is 10.0 Å². The van der Waals surface area contributed by atoms with Gasteiger partial charge in [0.2, 0.25) is 0 Å². The fourth-order valence-corrected chi connectivity index (χ4v) is 4.46. The molecule has 0 bridgehead atoms. The minimum absolute atomic E-state index is 0.00623. The molecule has 1 amide bonds. The van der Waals surface area contributed by atoms with Gasteiger partial charge in [-0.2, -0.15) is 0 Å². The number of carbonyl (C=O) groups excluding carboxylic acids is 1. The van der Waals surface area contributed by atoms with E-state index in [0.29, 0.717) is 17.2 Å². The number of amides is 1. The van der Waals surface area contributed by atoms with Crippen LogP contribution in [0.2, 0.25) is 0 Å². The number of rotatable bonds is 6. The lowest BCUT2D eigenvalue weighted by Crippen LogP contribution is -2.42. The summed E-state index contributed by atoms with van der Waals surface area (Å²) in [4.78, 5) is 14.8. The number of anilines is 1. The lowest BCUT2D eigenvalue weighted by atomic mass is 9.97. The van der Waals surface area contributed by atoms with Crippen LogP contribution < -0.4 is 10.0 Å². The second-order valence-corrected chi connectivity index (χ2v) is 8.50. The van der Waals surface area contributed by atoms with Crippen molar-refractivity contribution in [2.45, 2.75) is 17.7 Å². The molecular weight excluding hydrogens is 362 g/mol.